The number of guanidine groups is 1. The number of rotatable bonds is 4. The number of amides is 1. The molecular weight excluding hydrogens is 268 g/mol. The molecule has 6 heteroatoms. The van der Waals surface area contributed by atoms with E-state index in [-0.39, 0.29) is 11.8 Å². The molecule has 21 heavy (non-hydrogen) atoms. The quantitative estimate of drug-likeness (QED) is 0.442. The summed E-state index contributed by atoms with van der Waals surface area (Å²) in [5.41, 5.74) is 0.345. The zero-order valence-electron chi connectivity index (χ0n) is 12.9. The molecule has 0 radical (unpaired) electrons. The lowest BCUT2D eigenvalue weighted by Crippen LogP contribution is -2.44. The molecule has 1 amide bonds. The van der Waals surface area contributed by atoms with Gasteiger partial charge in [-0.15, -0.1) is 0 Å². The highest BCUT2D eigenvalue weighted by Crippen LogP contribution is 2.38. The molecule has 0 bridgehead atoms. The standard InChI is InChI=1S/C15H26N4O2/c1-16-14(18-7-6-17-13(20)12-2-3-12)19-8-4-15(10-19)5-9-21-11-15/h12H,2-11H2,1H3,(H,16,18)(H,17,20). The fraction of sp³-hybridized carbons (Fsp3) is 0.867. The summed E-state index contributed by atoms with van der Waals surface area (Å²) >= 11 is 0. The van der Waals surface area contributed by atoms with Crippen molar-refractivity contribution in [1.29, 1.82) is 0 Å². The summed E-state index contributed by atoms with van der Waals surface area (Å²) in [5, 5.41) is 6.32. The van der Waals surface area contributed by atoms with E-state index < -0.39 is 0 Å². The van der Waals surface area contributed by atoms with Crippen molar-refractivity contribution in [3.8, 4) is 0 Å². The number of hydrogen-bond acceptors (Lipinski definition) is 3. The molecule has 3 rings (SSSR count). The van der Waals surface area contributed by atoms with Crippen molar-refractivity contribution >= 4 is 11.9 Å². The lowest BCUT2D eigenvalue weighted by Gasteiger charge is -2.25. The van der Waals surface area contributed by atoms with Crippen LogP contribution in [0.2, 0.25) is 0 Å². The number of carbonyl (C=O) groups excluding carboxylic acids is 1. The Morgan fingerprint density at radius 3 is 2.81 bits per heavy atom. The lowest BCUT2D eigenvalue weighted by molar-refractivity contribution is -0.122. The van der Waals surface area contributed by atoms with Crippen LogP contribution < -0.4 is 10.6 Å². The van der Waals surface area contributed by atoms with Crippen LogP contribution in [0, 0.1) is 11.3 Å². The average molecular weight is 294 g/mol. The van der Waals surface area contributed by atoms with Gasteiger partial charge in [0.25, 0.3) is 0 Å². The Morgan fingerprint density at radius 2 is 2.14 bits per heavy atom. The fourth-order valence-electron chi connectivity index (χ4n) is 3.27. The molecule has 118 valence electrons. The van der Waals surface area contributed by atoms with Gasteiger partial charge in [0, 0.05) is 51.2 Å². The third-order valence-corrected chi connectivity index (χ3v) is 4.79. The predicted octanol–water partition coefficient (Wildman–Crippen LogP) is 0.200. The van der Waals surface area contributed by atoms with E-state index in [1.54, 1.807) is 0 Å². The van der Waals surface area contributed by atoms with Gasteiger partial charge in [0.1, 0.15) is 0 Å². The Labute approximate surface area is 126 Å². The second kappa shape index (κ2) is 6.22. The summed E-state index contributed by atoms with van der Waals surface area (Å²) < 4.78 is 5.56. The largest absolute Gasteiger partial charge is 0.381 e. The number of nitrogens with zero attached hydrogens (tertiary/aromatic N) is 2. The van der Waals surface area contributed by atoms with Gasteiger partial charge in [-0.05, 0) is 25.7 Å². The zero-order valence-corrected chi connectivity index (χ0v) is 12.9. The molecule has 1 saturated carbocycles. The Kier molecular flexibility index (Phi) is 4.33. The van der Waals surface area contributed by atoms with Crippen molar-refractivity contribution in [2.75, 3.05) is 46.4 Å². The Morgan fingerprint density at radius 1 is 1.33 bits per heavy atom. The van der Waals surface area contributed by atoms with Crippen molar-refractivity contribution < 1.29 is 9.53 Å². The molecule has 3 aliphatic rings. The van der Waals surface area contributed by atoms with Crippen LogP contribution >= 0.6 is 0 Å². The molecule has 2 heterocycles. The molecule has 2 N–H and O–H groups in total. The number of aliphatic imine (C=N–C) groups is 1. The predicted molar refractivity (Wildman–Crippen MR) is 81.2 cm³/mol. The van der Waals surface area contributed by atoms with E-state index in [0.717, 1.165) is 58.1 Å². The summed E-state index contributed by atoms with van der Waals surface area (Å²) in [6.45, 7) is 5.24. The molecule has 0 aromatic rings. The minimum Gasteiger partial charge on any atom is -0.381 e. The van der Waals surface area contributed by atoms with Crippen LogP contribution in [0.3, 0.4) is 0 Å². The van der Waals surface area contributed by atoms with Crippen LogP contribution in [0.25, 0.3) is 0 Å². The first kappa shape index (κ1) is 14.6. The molecule has 3 fully saturated rings. The summed E-state index contributed by atoms with van der Waals surface area (Å²) in [4.78, 5) is 18.2. The fourth-order valence-corrected chi connectivity index (χ4v) is 3.27. The molecule has 1 spiro atoms. The van der Waals surface area contributed by atoms with Gasteiger partial charge in [-0.1, -0.05) is 0 Å². The maximum Gasteiger partial charge on any atom is 0.223 e. The molecule has 2 saturated heterocycles. The minimum absolute atomic E-state index is 0.204. The number of ether oxygens (including phenoxy) is 1. The van der Waals surface area contributed by atoms with E-state index in [2.05, 4.69) is 20.5 Å². The van der Waals surface area contributed by atoms with E-state index in [1.165, 1.54) is 6.42 Å². The van der Waals surface area contributed by atoms with E-state index in [9.17, 15) is 4.79 Å². The summed E-state index contributed by atoms with van der Waals surface area (Å²) in [5.74, 6) is 1.43. The van der Waals surface area contributed by atoms with Crippen LogP contribution in [-0.2, 0) is 9.53 Å². The van der Waals surface area contributed by atoms with Gasteiger partial charge in [-0.2, -0.15) is 0 Å². The summed E-state index contributed by atoms with van der Waals surface area (Å²) in [6, 6.07) is 0. The number of carbonyl (C=O) groups is 1. The Bertz CT molecular complexity index is 414. The van der Waals surface area contributed by atoms with Crippen LogP contribution in [0.4, 0.5) is 0 Å². The van der Waals surface area contributed by atoms with Gasteiger partial charge >= 0.3 is 0 Å². The summed E-state index contributed by atoms with van der Waals surface area (Å²) in [6.07, 6.45) is 4.46. The van der Waals surface area contributed by atoms with Crippen molar-refractivity contribution in [1.82, 2.24) is 15.5 Å². The van der Waals surface area contributed by atoms with Crippen LogP contribution in [0.1, 0.15) is 25.7 Å². The van der Waals surface area contributed by atoms with E-state index >= 15 is 0 Å². The van der Waals surface area contributed by atoms with Gasteiger partial charge in [-0.3, -0.25) is 9.79 Å². The van der Waals surface area contributed by atoms with Crippen LogP contribution in [0.5, 0.6) is 0 Å². The Hall–Kier alpha value is -1.30. The van der Waals surface area contributed by atoms with Gasteiger partial charge in [0.2, 0.25) is 5.91 Å². The third-order valence-electron chi connectivity index (χ3n) is 4.79. The number of nitrogens with one attached hydrogen (secondary N) is 2. The molecule has 0 aromatic heterocycles. The Balaban J connectivity index is 1.40. The van der Waals surface area contributed by atoms with Gasteiger partial charge in [0.05, 0.1) is 6.61 Å². The van der Waals surface area contributed by atoms with Crippen molar-refractivity contribution in [2.45, 2.75) is 25.7 Å². The summed E-state index contributed by atoms with van der Waals surface area (Å²) in [7, 11) is 1.82. The van der Waals surface area contributed by atoms with Gasteiger partial charge in [0.15, 0.2) is 5.96 Å². The highest BCUT2D eigenvalue weighted by molar-refractivity contribution is 5.81. The number of likely N-dealkylation sites (tertiary alicyclic amines) is 1. The first-order chi connectivity index (χ1) is 10.2. The van der Waals surface area contributed by atoms with E-state index in [4.69, 9.17) is 4.74 Å². The van der Waals surface area contributed by atoms with Gasteiger partial charge < -0.3 is 20.3 Å². The van der Waals surface area contributed by atoms with Crippen LogP contribution in [-0.4, -0.2) is 63.2 Å². The average Bonchev–Trinajstić information content (AvgIpc) is 3.13. The molecule has 2 aliphatic heterocycles. The lowest BCUT2D eigenvalue weighted by atomic mass is 9.87. The highest BCUT2D eigenvalue weighted by Gasteiger charge is 2.42. The highest BCUT2D eigenvalue weighted by atomic mass is 16.5. The maximum absolute atomic E-state index is 11.6. The van der Waals surface area contributed by atoms with Crippen LogP contribution in [0.15, 0.2) is 4.99 Å². The monoisotopic (exact) mass is 294 g/mol. The van der Waals surface area contributed by atoms with Crippen molar-refractivity contribution in [3.05, 3.63) is 0 Å². The van der Waals surface area contributed by atoms with Crippen molar-refractivity contribution in [2.24, 2.45) is 16.3 Å². The molecule has 1 aliphatic carbocycles. The van der Waals surface area contributed by atoms with Gasteiger partial charge in [-0.25, -0.2) is 0 Å². The minimum atomic E-state index is 0.204. The maximum atomic E-state index is 11.6. The SMILES string of the molecule is CN=C(NCCNC(=O)C1CC1)N1CCC2(CCOC2)C1. The molecule has 0 aromatic carbocycles. The molecular formula is C15H26N4O2. The topological polar surface area (TPSA) is 66.0 Å². The molecule has 1 atom stereocenters. The van der Waals surface area contributed by atoms with E-state index in [1.807, 2.05) is 7.05 Å². The second-order valence-corrected chi connectivity index (χ2v) is 6.51. The molecule has 6 nitrogen and oxygen atoms in total. The third kappa shape index (κ3) is 3.48. The molecule has 1 unspecified atom stereocenters. The smallest absolute Gasteiger partial charge is 0.223 e. The first-order valence-corrected chi connectivity index (χ1v) is 8.03. The normalized spacial score (nSPS) is 29.2. The first-order valence-electron chi connectivity index (χ1n) is 8.03. The van der Waals surface area contributed by atoms with Crippen molar-refractivity contribution in [3.63, 3.8) is 0 Å². The van der Waals surface area contributed by atoms with E-state index in [0.29, 0.717) is 12.0 Å². The number of hydrogen-bond donors (Lipinski definition) is 2. The second-order valence-electron chi connectivity index (χ2n) is 6.51. The zero-order chi connectivity index (χ0) is 14.7.